The second kappa shape index (κ2) is 4.98. The minimum absolute atomic E-state index is 0.0959. The first-order valence-electron chi connectivity index (χ1n) is 4.52. The molecule has 0 saturated heterocycles. The molecule has 0 aliphatic heterocycles. The molecular weight excluding hydrogens is 154 g/mol. The lowest BCUT2D eigenvalue weighted by molar-refractivity contribution is 0.243. The summed E-state index contributed by atoms with van der Waals surface area (Å²) in [6, 6.07) is 0.673. The van der Waals surface area contributed by atoms with Crippen LogP contribution in [-0.4, -0.2) is 32.2 Å². The highest BCUT2D eigenvalue weighted by Gasteiger charge is 2.19. The summed E-state index contributed by atoms with van der Waals surface area (Å²) in [5.41, 5.74) is 0. The van der Waals surface area contributed by atoms with Crippen molar-refractivity contribution in [2.75, 3.05) is 20.1 Å². The number of rotatable bonds is 5. The number of amides is 2. The van der Waals surface area contributed by atoms with Gasteiger partial charge in [0, 0.05) is 19.6 Å². The fourth-order valence-electron chi connectivity index (χ4n) is 0.972. The van der Waals surface area contributed by atoms with Gasteiger partial charge in [0.1, 0.15) is 0 Å². The highest BCUT2D eigenvalue weighted by Crippen LogP contribution is 2.17. The minimum Gasteiger partial charge on any atom is -0.341 e. The summed E-state index contributed by atoms with van der Waals surface area (Å²) < 4.78 is 0. The fourth-order valence-corrected chi connectivity index (χ4v) is 0.972. The smallest absolute Gasteiger partial charge is 0.314 e. The highest BCUT2D eigenvalue weighted by molar-refractivity contribution is 5.73. The van der Waals surface area contributed by atoms with Crippen molar-refractivity contribution in [1.82, 2.24) is 16.0 Å². The predicted molar refractivity (Wildman–Crippen MR) is 48.1 cm³/mol. The van der Waals surface area contributed by atoms with Crippen LogP contribution < -0.4 is 16.0 Å². The second-order valence-electron chi connectivity index (χ2n) is 3.09. The van der Waals surface area contributed by atoms with E-state index in [4.69, 9.17) is 0 Å². The zero-order valence-corrected chi connectivity index (χ0v) is 7.52. The van der Waals surface area contributed by atoms with Crippen LogP contribution in [0.4, 0.5) is 4.79 Å². The van der Waals surface area contributed by atoms with Gasteiger partial charge in [-0.15, -0.1) is 0 Å². The van der Waals surface area contributed by atoms with Gasteiger partial charge in [0.25, 0.3) is 0 Å². The molecule has 0 aromatic rings. The SMILES string of the molecule is CNC(=O)NCCCNC1CC1. The molecule has 1 aliphatic rings. The van der Waals surface area contributed by atoms with E-state index in [-0.39, 0.29) is 6.03 Å². The van der Waals surface area contributed by atoms with Crippen LogP contribution in [-0.2, 0) is 0 Å². The molecule has 2 amide bonds. The lowest BCUT2D eigenvalue weighted by atomic mass is 10.4. The molecule has 4 heteroatoms. The predicted octanol–water partition coefficient (Wildman–Crippen LogP) is 0.0575. The number of urea groups is 1. The van der Waals surface area contributed by atoms with E-state index in [1.54, 1.807) is 7.05 Å². The van der Waals surface area contributed by atoms with E-state index >= 15 is 0 Å². The molecule has 0 bridgehead atoms. The Kier molecular flexibility index (Phi) is 3.87. The molecule has 0 aromatic carbocycles. The first kappa shape index (κ1) is 9.32. The molecule has 3 N–H and O–H groups in total. The molecule has 0 radical (unpaired) electrons. The van der Waals surface area contributed by atoms with Gasteiger partial charge in [0.2, 0.25) is 0 Å². The lowest BCUT2D eigenvalue weighted by Gasteiger charge is -2.04. The van der Waals surface area contributed by atoms with Crippen molar-refractivity contribution >= 4 is 6.03 Å². The van der Waals surface area contributed by atoms with Gasteiger partial charge in [-0.2, -0.15) is 0 Å². The minimum atomic E-state index is -0.0959. The normalized spacial score (nSPS) is 15.8. The third-order valence-electron chi connectivity index (χ3n) is 1.88. The Balaban J connectivity index is 1.78. The molecule has 12 heavy (non-hydrogen) atoms. The molecule has 0 aromatic heterocycles. The third-order valence-corrected chi connectivity index (χ3v) is 1.88. The summed E-state index contributed by atoms with van der Waals surface area (Å²) in [6.07, 6.45) is 3.65. The summed E-state index contributed by atoms with van der Waals surface area (Å²) >= 11 is 0. The zero-order valence-electron chi connectivity index (χ0n) is 7.52. The van der Waals surface area contributed by atoms with Crippen molar-refractivity contribution in [3.05, 3.63) is 0 Å². The molecule has 1 rings (SSSR count). The summed E-state index contributed by atoms with van der Waals surface area (Å²) in [6.45, 7) is 1.76. The second-order valence-corrected chi connectivity index (χ2v) is 3.09. The van der Waals surface area contributed by atoms with Crippen molar-refractivity contribution in [2.24, 2.45) is 0 Å². The topological polar surface area (TPSA) is 53.2 Å². The Morgan fingerprint density at radius 1 is 1.42 bits per heavy atom. The maximum atomic E-state index is 10.7. The molecule has 0 spiro atoms. The fraction of sp³-hybridized carbons (Fsp3) is 0.875. The van der Waals surface area contributed by atoms with Crippen LogP contribution in [0.3, 0.4) is 0 Å². The van der Waals surface area contributed by atoms with Gasteiger partial charge in [-0.05, 0) is 25.8 Å². The Morgan fingerprint density at radius 3 is 2.75 bits per heavy atom. The quantitative estimate of drug-likeness (QED) is 0.512. The van der Waals surface area contributed by atoms with Crippen LogP contribution >= 0.6 is 0 Å². The summed E-state index contributed by atoms with van der Waals surface area (Å²) in [5.74, 6) is 0. The molecule has 70 valence electrons. The molecule has 0 unspecified atom stereocenters. The molecule has 0 atom stereocenters. The zero-order chi connectivity index (χ0) is 8.81. The van der Waals surface area contributed by atoms with E-state index in [2.05, 4.69) is 16.0 Å². The number of nitrogens with one attached hydrogen (secondary N) is 3. The lowest BCUT2D eigenvalue weighted by Crippen LogP contribution is -2.34. The van der Waals surface area contributed by atoms with Gasteiger partial charge in [0.05, 0.1) is 0 Å². The number of carbonyl (C=O) groups excluding carboxylic acids is 1. The molecule has 1 aliphatic carbocycles. The Bertz CT molecular complexity index is 145. The van der Waals surface area contributed by atoms with E-state index < -0.39 is 0 Å². The molecule has 1 fully saturated rings. The van der Waals surface area contributed by atoms with Crippen molar-refractivity contribution in [2.45, 2.75) is 25.3 Å². The number of carbonyl (C=O) groups is 1. The van der Waals surface area contributed by atoms with E-state index in [1.165, 1.54) is 12.8 Å². The van der Waals surface area contributed by atoms with E-state index in [9.17, 15) is 4.79 Å². The summed E-state index contributed by atoms with van der Waals surface area (Å²) in [7, 11) is 1.62. The van der Waals surface area contributed by atoms with E-state index in [0.717, 1.165) is 25.6 Å². The van der Waals surface area contributed by atoms with Crippen molar-refractivity contribution in [1.29, 1.82) is 0 Å². The maximum Gasteiger partial charge on any atom is 0.314 e. The first-order chi connectivity index (χ1) is 5.83. The molecule has 0 heterocycles. The van der Waals surface area contributed by atoms with Crippen LogP contribution in [0.15, 0.2) is 0 Å². The average Bonchev–Trinajstić information content (AvgIpc) is 2.87. The van der Waals surface area contributed by atoms with Crippen LogP contribution in [0.25, 0.3) is 0 Å². The van der Waals surface area contributed by atoms with E-state index in [0.29, 0.717) is 0 Å². The Hall–Kier alpha value is -0.770. The molecule has 1 saturated carbocycles. The van der Waals surface area contributed by atoms with E-state index in [1.807, 2.05) is 0 Å². The van der Waals surface area contributed by atoms with Gasteiger partial charge >= 0.3 is 6.03 Å². The molecule has 4 nitrogen and oxygen atoms in total. The standard InChI is InChI=1S/C8H17N3O/c1-9-8(12)11-6-2-5-10-7-3-4-7/h7,10H,2-6H2,1H3,(H2,9,11,12). The largest absolute Gasteiger partial charge is 0.341 e. The molecular formula is C8H17N3O. The number of hydrogen-bond acceptors (Lipinski definition) is 2. The van der Waals surface area contributed by atoms with Gasteiger partial charge in [0.15, 0.2) is 0 Å². The summed E-state index contributed by atoms with van der Waals surface area (Å²) in [4.78, 5) is 10.7. The van der Waals surface area contributed by atoms with Crippen LogP contribution in [0.2, 0.25) is 0 Å². The van der Waals surface area contributed by atoms with Crippen LogP contribution in [0.5, 0.6) is 0 Å². The van der Waals surface area contributed by atoms with Gasteiger partial charge < -0.3 is 16.0 Å². The highest BCUT2D eigenvalue weighted by atomic mass is 16.2. The van der Waals surface area contributed by atoms with Gasteiger partial charge in [-0.25, -0.2) is 4.79 Å². The van der Waals surface area contributed by atoms with Crippen LogP contribution in [0, 0.1) is 0 Å². The van der Waals surface area contributed by atoms with Crippen LogP contribution in [0.1, 0.15) is 19.3 Å². The monoisotopic (exact) mass is 171 g/mol. The maximum absolute atomic E-state index is 10.7. The summed E-state index contributed by atoms with van der Waals surface area (Å²) in [5, 5.41) is 8.62. The first-order valence-corrected chi connectivity index (χ1v) is 4.52. The Morgan fingerprint density at radius 2 is 2.17 bits per heavy atom. The number of hydrogen-bond donors (Lipinski definition) is 3. The van der Waals surface area contributed by atoms with Gasteiger partial charge in [-0.1, -0.05) is 0 Å². The third kappa shape index (κ3) is 4.18. The van der Waals surface area contributed by atoms with Crippen molar-refractivity contribution < 1.29 is 4.79 Å². The van der Waals surface area contributed by atoms with Crippen molar-refractivity contribution in [3.8, 4) is 0 Å². The average molecular weight is 171 g/mol. The van der Waals surface area contributed by atoms with Crippen molar-refractivity contribution in [3.63, 3.8) is 0 Å². The van der Waals surface area contributed by atoms with Gasteiger partial charge in [-0.3, -0.25) is 0 Å². The Labute approximate surface area is 73.1 Å².